The summed E-state index contributed by atoms with van der Waals surface area (Å²) in [6.07, 6.45) is 44.4. The summed E-state index contributed by atoms with van der Waals surface area (Å²) in [5.74, 6) is -1.17. The van der Waals surface area contributed by atoms with Crippen molar-refractivity contribution in [2.24, 2.45) is 5.92 Å². The van der Waals surface area contributed by atoms with Crippen LogP contribution in [0.15, 0.2) is 54.6 Å². The molecule has 0 saturated carbocycles. The van der Waals surface area contributed by atoms with Gasteiger partial charge < -0.3 is 14.8 Å². The predicted molar refractivity (Wildman–Crippen MR) is 232 cm³/mol. The molecule has 310 valence electrons. The number of esters is 2. The van der Waals surface area contributed by atoms with Gasteiger partial charge in [-0.05, 0) is 76.7 Å². The van der Waals surface area contributed by atoms with Crippen LogP contribution in [0.1, 0.15) is 219 Å². The van der Waals surface area contributed by atoms with E-state index in [-0.39, 0.29) is 24.4 Å². The zero-order chi connectivity index (χ0) is 39.0. The number of hydrogen-bond acceptors (Lipinski definition) is 5. The molecule has 0 aromatic heterocycles. The van der Waals surface area contributed by atoms with Crippen molar-refractivity contribution in [2.75, 3.05) is 19.8 Å². The van der Waals surface area contributed by atoms with Gasteiger partial charge >= 0.3 is 11.9 Å². The highest BCUT2D eigenvalue weighted by atomic mass is 16.5. The molecule has 0 aliphatic rings. The van der Waals surface area contributed by atoms with Gasteiger partial charge in [0.2, 0.25) is 0 Å². The van der Waals surface area contributed by atoms with Crippen LogP contribution in [0.2, 0.25) is 0 Å². The van der Waals surface area contributed by atoms with E-state index in [2.05, 4.69) is 62.5 Å². The molecule has 0 fully saturated rings. The van der Waals surface area contributed by atoms with Gasteiger partial charge in [0.15, 0.2) is 0 Å². The van der Waals surface area contributed by atoms with E-state index in [4.69, 9.17) is 9.47 Å². The van der Waals surface area contributed by atoms with Gasteiger partial charge in [-0.2, -0.15) is 0 Å². The van der Waals surface area contributed by atoms with Crippen molar-refractivity contribution in [1.29, 1.82) is 0 Å². The van der Waals surface area contributed by atoms with Crippen LogP contribution >= 0.6 is 0 Å². The molecule has 1 rings (SSSR count). The maximum absolute atomic E-state index is 13.1. The second kappa shape index (κ2) is 38.9. The fraction of sp³-hybridized carbons (Fsp3) is 0.755. The second-order valence-corrected chi connectivity index (χ2v) is 15.7. The molecule has 0 spiro atoms. The number of rotatable bonds is 39. The van der Waals surface area contributed by atoms with Crippen LogP contribution < -0.4 is 5.32 Å². The molecule has 1 N–H and O–H groups in total. The van der Waals surface area contributed by atoms with Gasteiger partial charge in [-0.1, -0.05) is 184 Å². The summed E-state index contributed by atoms with van der Waals surface area (Å²) in [6, 6.07) is 10.2. The molecule has 0 bridgehead atoms. The van der Waals surface area contributed by atoms with E-state index in [0.29, 0.717) is 19.8 Å². The molecule has 0 saturated heterocycles. The minimum Gasteiger partial charge on any atom is -0.466 e. The first-order valence-corrected chi connectivity index (χ1v) is 23.0. The highest BCUT2D eigenvalue weighted by molar-refractivity contribution is 5.80. The number of unbranched alkanes of at least 4 members (excludes halogenated alkanes) is 24. The topological polar surface area (TPSA) is 64.6 Å². The summed E-state index contributed by atoms with van der Waals surface area (Å²) in [5.41, 5.74) is 1.15. The minimum absolute atomic E-state index is 0.0487. The summed E-state index contributed by atoms with van der Waals surface area (Å²) in [5, 5.41) is 3.45. The Morgan fingerprint density at radius 3 is 1.37 bits per heavy atom. The second-order valence-electron chi connectivity index (χ2n) is 15.7. The molecule has 0 aliphatic carbocycles. The van der Waals surface area contributed by atoms with E-state index in [1.165, 1.54) is 154 Å². The van der Waals surface area contributed by atoms with Gasteiger partial charge in [-0.25, -0.2) is 0 Å². The van der Waals surface area contributed by atoms with E-state index < -0.39 is 5.92 Å². The first kappa shape index (κ1) is 49.6. The van der Waals surface area contributed by atoms with Gasteiger partial charge in [0.25, 0.3) is 0 Å². The molecule has 2 unspecified atom stereocenters. The number of allylic oxidation sites excluding steroid dienone is 4. The first-order chi connectivity index (χ1) is 26.6. The summed E-state index contributed by atoms with van der Waals surface area (Å²) >= 11 is 0. The molecule has 1 aromatic rings. The Morgan fingerprint density at radius 1 is 0.537 bits per heavy atom. The third-order valence-corrected chi connectivity index (χ3v) is 10.5. The van der Waals surface area contributed by atoms with Crippen LogP contribution in [0.3, 0.4) is 0 Å². The van der Waals surface area contributed by atoms with Gasteiger partial charge in [-0.3, -0.25) is 9.59 Å². The summed E-state index contributed by atoms with van der Waals surface area (Å²) in [4.78, 5) is 25.9. The van der Waals surface area contributed by atoms with E-state index in [9.17, 15) is 9.59 Å². The average molecular weight is 752 g/mol. The SMILES string of the molecule is CCCCCCCC/C=C\CCCCCCCCOC(=O)CC(CNC(C)c1ccccc1)C(=O)OCCCCCCCC/C=C\CCCCCCCC. The summed E-state index contributed by atoms with van der Waals surface area (Å²) in [6.45, 7) is 7.84. The van der Waals surface area contributed by atoms with Crippen molar-refractivity contribution < 1.29 is 19.1 Å². The quantitative estimate of drug-likeness (QED) is 0.0412. The largest absolute Gasteiger partial charge is 0.466 e. The lowest BCUT2D eigenvalue weighted by molar-refractivity contribution is -0.155. The van der Waals surface area contributed by atoms with Crippen molar-refractivity contribution in [3.63, 3.8) is 0 Å². The van der Waals surface area contributed by atoms with E-state index >= 15 is 0 Å². The Morgan fingerprint density at radius 2 is 0.926 bits per heavy atom. The molecule has 1 aromatic carbocycles. The monoisotopic (exact) mass is 752 g/mol. The lowest BCUT2D eigenvalue weighted by atomic mass is 10.0. The third kappa shape index (κ3) is 31.9. The van der Waals surface area contributed by atoms with E-state index in [1.807, 2.05) is 18.2 Å². The predicted octanol–water partition coefficient (Wildman–Crippen LogP) is 14.5. The zero-order valence-corrected chi connectivity index (χ0v) is 35.6. The van der Waals surface area contributed by atoms with E-state index in [0.717, 1.165) is 31.2 Å². The van der Waals surface area contributed by atoms with Gasteiger partial charge in [0.1, 0.15) is 0 Å². The normalized spacial score (nSPS) is 12.8. The Bertz CT molecular complexity index is 1020. The first-order valence-electron chi connectivity index (χ1n) is 23.0. The van der Waals surface area contributed by atoms with Crippen molar-refractivity contribution in [3.8, 4) is 0 Å². The standard InChI is InChI=1S/C49H85NO4/c1-4-6-8-10-12-14-16-18-20-22-24-26-28-30-32-37-41-53-48(51)43-47(44-50-45(3)46-39-35-34-36-40-46)49(52)54-42-38-33-31-29-27-25-23-21-19-17-15-13-11-9-7-5-2/h18-21,34-36,39-40,45,47,50H,4-17,22-33,37-38,41-44H2,1-3H3/b20-18-,21-19-. The molecular weight excluding hydrogens is 667 g/mol. The van der Waals surface area contributed by atoms with Crippen LogP contribution in [0.25, 0.3) is 0 Å². The van der Waals surface area contributed by atoms with E-state index in [1.54, 1.807) is 0 Å². The number of carbonyl (C=O) groups excluding carboxylic acids is 2. The molecule has 54 heavy (non-hydrogen) atoms. The lowest BCUT2D eigenvalue weighted by Gasteiger charge is -2.20. The Balaban J connectivity index is 2.21. The third-order valence-electron chi connectivity index (χ3n) is 10.5. The van der Waals surface area contributed by atoms with Crippen LogP contribution in [0.4, 0.5) is 0 Å². The highest BCUT2D eigenvalue weighted by Gasteiger charge is 2.25. The fourth-order valence-electron chi connectivity index (χ4n) is 6.85. The number of carbonyl (C=O) groups is 2. The molecule has 0 radical (unpaired) electrons. The zero-order valence-electron chi connectivity index (χ0n) is 35.6. The average Bonchev–Trinajstić information content (AvgIpc) is 3.18. The number of ether oxygens (including phenoxy) is 2. The lowest BCUT2D eigenvalue weighted by Crippen LogP contribution is -2.33. The van der Waals surface area contributed by atoms with Crippen LogP contribution in [0.5, 0.6) is 0 Å². The molecule has 5 nitrogen and oxygen atoms in total. The van der Waals surface area contributed by atoms with Crippen molar-refractivity contribution in [2.45, 2.75) is 213 Å². The smallest absolute Gasteiger partial charge is 0.310 e. The summed E-state index contributed by atoms with van der Waals surface area (Å²) < 4.78 is 11.3. The maximum atomic E-state index is 13.1. The number of nitrogens with one attached hydrogen (secondary N) is 1. The molecule has 0 amide bonds. The van der Waals surface area contributed by atoms with Crippen molar-refractivity contribution >= 4 is 11.9 Å². The maximum Gasteiger partial charge on any atom is 0.310 e. The van der Waals surface area contributed by atoms with Gasteiger partial charge in [0.05, 0.1) is 25.6 Å². The van der Waals surface area contributed by atoms with Crippen molar-refractivity contribution in [1.82, 2.24) is 5.32 Å². The fourth-order valence-corrected chi connectivity index (χ4v) is 6.85. The molecule has 0 heterocycles. The Kier molecular flexibility index (Phi) is 35.7. The molecule has 0 aliphatic heterocycles. The van der Waals surface area contributed by atoms with Crippen LogP contribution in [-0.2, 0) is 19.1 Å². The molecular formula is C49H85NO4. The Labute approximate surface area is 334 Å². The molecule has 5 heteroatoms. The van der Waals surface area contributed by atoms with Gasteiger partial charge in [-0.15, -0.1) is 0 Å². The highest BCUT2D eigenvalue weighted by Crippen LogP contribution is 2.16. The van der Waals surface area contributed by atoms with Crippen LogP contribution in [-0.4, -0.2) is 31.7 Å². The number of benzene rings is 1. The van der Waals surface area contributed by atoms with Crippen molar-refractivity contribution in [3.05, 3.63) is 60.2 Å². The minimum atomic E-state index is -0.558. The summed E-state index contributed by atoms with van der Waals surface area (Å²) in [7, 11) is 0. The molecule has 2 atom stereocenters. The van der Waals surface area contributed by atoms with Gasteiger partial charge in [0, 0.05) is 12.6 Å². The number of hydrogen-bond donors (Lipinski definition) is 1. The van der Waals surface area contributed by atoms with Crippen LogP contribution in [0, 0.1) is 5.92 Å². The Hall–Kier alpha value is -2.40.